The first-order valence-electron chi connectivity index (χ1n) is 9.38. The number of aliphatic hydroxyl groups excluding tert-OH is 1. The molecule has 1 saturated heterocycles. The molecular weight excluding hydrogens is 324 g/mol. The number of nitrogens with zero attached hydrogens (tertiary/aromatic N) is 2. The van der Waals surface area contributed by atoms with Gasteiger partial charge in [0.25, 0.3) is 5.91 Å². The molecule has 0 saturated carbocycles. The summed E-state index contributed by atoms with van der Waals surface area (Å²) < 4.78 is 0. The predicted molar refractivity (Wildman–Crippen MR) is 103 cm³/mol. The van der Waals surface area contributed by atoms with Crippen molar-refractivity contribution in [3.8, 4) is 0 Å². The molecule has 1 fully saturated rings. The minimum atomic E-state index is -1.07. The molecule has 1 aliphatic heterocycles. The van der Waals surface area contributed by atoms with Gasteiger partial charge in [-0.05, 0) is 43.0 Å². The molecule has 1 atom stereocenters. The number of rotatable bonds is 6. The van der Waals surface area contributed by atoms with Crippen LogP contribution in [-0.2, 0) is 11.3 Å². The normalized spacial score (nSPS) is 17.0. The topological polar surface area (TPSA) is 43.8 Å². The Hall–Kier alpha value is -2.17. The van der Waals surface area contributed by atoms with Gasteiger partial charge >= 0.3 is 0 Å². The van der Waals surface area contributed by atoms with E-state index in [2.05, 4.69) is 29.2 Å². The average Bonchev–Trinajstić information content (AvgIpc) is 2.70. The zero-order valence-corrected chi connectivity index (χ0v) is 15.4. The van der Waals surface area contributed by atoms with E-state index in [1.165, 1.54) is 5.56 Å². The van der Waals surface area contributed by atoms with E-state index in [1.807, 2.05) is 24.3 Å². The minimum absolute atomic E-state index is 0.220. The van der Waals surface area contributed by atoms with Crippen LogP contribution in [0.5, 0.6) is 0 Å². The molecule has 3 rings (SSSR count). The molecule has 4 heteroatoms. The zero-order chi connectivity index (χ0) is 18.4. The van der Waals surface area contributed by atoms with Gasteiger partial charge in [-0.2, -0.15) is 0 Å². The maximum Gasteiger partial charge on any atom is 0.255 e. The highest BCUT2D eigenvalue weighted by molar-refractivity contribution is 5.81. The van der Waals surface area contributed by atoms with Crippen molar-refractivity contribution in [2.75, 3.05) is 26.7 Å². The van der Waals surface area contributed by atoms with E-state index in [-0.39, 0.29) is 5.91 Å². The summed E-state index contributed by atoms with van der Waals surface area (Å²) in [7, 11) is 1.80. The fourth-order valence-corrected chi connectivity index (χ4v) is 3.63. The fourth-order valence-electron chi connectivity index (χ4n) is 3.63. The number of hydrogen-bond acceptors (Lipinski definition) is 3. The first-order valence-corrected chi connectivity index (χ1v) is 9.38. The zero-order valence-electron chi connectivity index (χ0n) is 15.4. The van der Waals surface area contributed by atoms with Gasteiger partial charge in [0.15, 0.2) is 6.10 Å². The Morgan fingerprint density at radius 3 is 2.27 bits per heavy atom. The summed E-state index contributed by atoms with van der Waals surface area (Å²) >= 11 is 0. The molecule has 4 nitrogen and oxygen atoms in total. The van der Waals surface area contributed by atoms with Gasteiger partial charge in [-0.3, -0.25) is 9.69 Å². The maximum atomic E-state index is 12.5. The van der Waals surface area contributed by atoms with E-state index >= 15 is 0 Å². The van der Waals surface area contributed by atoms with E-state index in [0.29, 0.717) is 18.0 Å². The SMILES string of the molecule is CN(CC1CCN(Cc2ccccc2)CC1)C(=O)[C@@H](O)c1ccccc1. The highest BCUT2D eigenvalue weighted by Crippen LogP contribution is 2.21. The van der Waals surface area contributed by atoms with Crippen LogP contribution in [0.2, 0.25) is 0 Å². The second-order valence-electron chi connectivity index (χ2n) is 7.24. The van der Waals surface area contributed by atoms with Crippen molar-refractivity contribution in [3.63, 3.8) is 0 Å². The van der Waals surface area contributed by atoms with Crippen molar-refractivity contribution in [1.29, 1.82) is 0 Å². The molecule has 0 bridgehead atoms. The van der Waals surface area contributed by atoms with Gasteiger partial charge in [0.1, 0.15) is 0 Å². The predicted octanol–water partition coefficient (Wildman–Crippen LogP) is 3.09. The molecule has 1 heterocycles. The number of carbonyl (C=O) groups is 1. The van der Waals surface area contributed by atoms with Crippen molar-refractivity contribution in [2.45, 2.75) is 25.5 Å². The molecule has 0 radical (unpaired) electrons. The Morgan fingerprint density at radius 1 is 1.08 bits per heavy atom. The summed E-state index contributed by atoms with van der Waals surface area (Å²) in [5, 5.41) is 10.3. The van der Waals surface area contributed by atoms with E-state index in [9.17, 15) is 9.90 Å². The van der Waals surface area contributed by atoms with Crippen LogP contribution in [0, 0.1) is 5.92 Å². The number of piperidine rings is 1. The van der Waals surface area contributed by atoms with Gasteiger partial charge in [-0.1, -0.05) is 60.7 Å². The molecule has 1 amide bonds. The number of carbonyl (C=O) groups excluding carboxylic acids is 1. The molecule has 0 aliphatic carbocycles. The molecule has 0 unspecified atom stereocenters. The quantitative estimate of drug-likeness (QED) is 0.869. The van der Waals surface area contributed by atoms with E-state index < -0.39 is 6.10 Å². The molecule has 0 aromatic heterocycles. The second-order valence-corrected chi connectivity index (χ2v) is 7.24. The molecule has 1 aliphatic rings. The van der Waals surface area contributed by atoms with Crippen molar-refractivity contribution in [1.82, 2.24) is 9.80 Å². The third-order valence-corrected chi connectivity index (χ3v) is 5.21. The molecule has 26 heavy (non-hydrogen) atoms. The van der Waals surface area contributed by atoms with E-state index in [0.717, 1.165) is 32.5 Å². The fraction of sp³-hybridized carbons (Fsp3) is 0.409. The number of aliphatic hydroxyl groups is 1. The van der Waals surface area contributed by atoms with Crippen LogP contribution in [0.1, 0.15) is 30.1 Å². The third-order valence-electron chi connectivity index (χ3n) is 5.21. The van der Waals surface area contributed by atoms with E-state index in [4.69, 9.17) is 0 Å². The highest BCUT2D eigenvalue weighted by atomic mass is 16.3. The van der Waals surface area contributed by atoms with Gasteiger partial charge in [0, 0.05) is 20.1 Å². The van der Waals surface area contributed by atoms with Crippen molar-refractivity contribution in [2.24, 2.45) is 5.92 Å². The monoisotopic (exact) mass is 352 g/mol. The Labute approximate surface area is 156 Å². The van der Waals surface area contributed by atoms with Crippen LogP contribution < -0.4 is 0 Å². The number of benzene rings is 2. The molecule has 2 aromatic carbocycles. The number of amides is 1. The van der Waals surface area contributed by atoms with Crippen LogP contribution >= 0.6 is 0 Å². The van der Waals surface area contributed by atoms with Crippen LogP contribution in [-0.4, -0.2) is 47.5 Å². The molecular formula is C22H28N2O2. The van der Waals surface area contributed by atoms with E-state index in [1.54, 1.807) is 24.1 Å². The van der Waals surface area contributed by atoms with Crippen molar-refractivity contribution < 1.29 is 9.90 Å². The maximum absolute atomic E-state index is 12.5. The van der Waals surface area contributed by atoms with Crippen molar-refractivity contribution in [3.05, 3.63) is 71.8 Å². The summed E-state index contributed by atoms with van der Waals surface area (Å²) in [6.07, 6.45) is 1.11. The Morgan fingerprint density at radius 2 is 1.65 bits per heavy atom. The average molecular weight is 352 g/mol. The van der Waals surface area contributed by atoms with Gasteiger partial charge in [0.05, 0.1) is 0 Å². The van der Waals surface area contributed by atoms with Crippen LogP contribution in [0.4, 0.5) is 0 Å². The molecule has 138 valence electrons. The Bertz CT molecular complexity index is 682. The van der Waals surface area contributed by atoms with Crippen molar-refractivity contribution >= 4 is 5.91 Å². The number of hydrogen-bond donors (Lipinski definition) is 1. The smallest absolute Gasteiger partial charge is 0.255 e. The Kier molecular flexibility index (Phi) is 6.42. The standard InChI is InChI=1S/C22H28N2O2/c1-23(22(26)21(25)20-10-6-3-7-11-20)16-19-12-14-24(15-13-19)17-18-8-4-2-5-9-18/h2-11,19,21,25H,12-17H2,1H3/t21-/m0/s1. The summed E-state index contributed by atoms with van der Waals surface area (Å²) in [5.41, 5.74) is 2.01. The first-order chi connectivity index (χ1) is 12.6. The lowest BCUT2D eigenvalue weighted by atomic mass is 9.95. The van der Waals surface area contributed by atoms with Crippen LogP contribution in [0.3, 0.4) is 0 Å². The summed E-state index contributed by atoms with van der Waals surface area (Å²) in [6, 6.07) is 19.7. The summed E-state index contributed by atoms with van der Waals surface area (Å²) in [6.45, 7) is 3.82. The molecule has 2 aromatic rings. The first kappa shape index (κ1) is 18.6. The second kappa shape index (κ2) is 8.97. The van der Waals surface area contributed by atoms with Gasteiger partial charge in [-0.15, -0.1) is 0 Å². The van der Waals surface area contributed by atoms with Gasteiger partial charge < -0.3 is 10.0 Å². The lowest BCUT2D eigenvalue weighted by Crippen LogP contribution is -2.40. The molecule has 1 N–H and O–H groups in total. The lowest BCUT2D eigenvalue weighted by molar-refractivity contribution is -0.140. The Balaban J connectivity index is 1.45. The lowest BCUT2D eigenvalue weighted by Gasteiger charge is -2.34. The van der Waals surface area contributed by atoms with Crippen LogP contribution in [0.15, 0.2) is 60.7 Å². The van der Waals surface area contributed by atoms with Gasteiger partial charge in [-0.25, -0.2) is 0 Å². The van der Waals surface area contributed by atoms with Gasteiger partial charge in [0.2, 0.25) is 0 Å². The highest BCUT2D eigenvalue weighted by Gasteiger charge is 2.25. The summed E-state index contributed by atoms with van der Waals surface area (Å²) in [5.74, 6) is 0.280. The largest absolute Gasteiger partial charge is 0.378 e. The minimum Gasteiger partial charge on any atom is -0.378 e. The molecule has 0 spiro atoms. The third kappa shape index (κ3) is 4.93. The number of likely N-dealkylation sites (N-methyl/N-ethyl adjacent to an activating group) is 1. The van der Waals surface area contributed by atoms with Crippen LogP contribution in [0.25, 0.3) is 0 Å². The summed E-state index contributed by atoms with van der Waals surface area (Å²) in [4.78, 5) is 16.7. The number of likely N-dealkylation sites (tertiary alicyclic amines) is 1.